The Kier molecular flexibility index (Phi) is 4.54. The van der Waals surface area contributed by atoms with Crippen LogP contribution in [0.4, 0.5) is 4.79 Å². The van der Waals surface area contributed by atoms with Crippen LogP contribution < -0.4 is 9.47 Å². The van der Waals surface area contributed by atoms with Gasteiger partial charge in [0.05, 0.1) is 20.3 Å². The summed E-state index contributed by atoms with van der Waals surface area (Å²) in [6.45, 7) is 8.27. The first-order valence-corrected chi connectivity index (χ1v) is 7.51. The molecule has 22 heavy (non-hydrogen) atoms. The van der Waals surface area contributed by atoms with E-state index in [0.29, 0.717) is 12.3 Å². The van der Waals surface area contributed by atoms with Crippen molar-refractivity contribution in [2.24, 2.45) is 0 Å². The van der Waals surface area contributed by atoms with Crippen molar-refractivity contribution in [3.05, 3.63) is 23.3 Å². The number of fused-ring (bicyclic) bond motifs is 1. The van der Waals surface area contributed by atoms with Crippen LogP contribution in [-0.4, -0.2) is 37.4 Å². The summed E-state index contributed by atoms with van der Waals surface area (Å²) < 4.78 is 16.2. The van der Waals surface area contributed by atoms with Crippen molar-refractivity contribution in [2.75, 3.05) is 20.8 Å². The molecule has 1 aliphatic heterocycles. The molecular weight excluding hydrogens is 282 g/mol. The lowest BCUT2D eigenvalue weighted by molar-refractivity contribution is 0.0159. The first-order valence-electron chi connectivity index (χ1n) is 7.51. The molecule has 1 atom stereocenters. The van der Waals surface area contributed by atoms with Gasteiger partial charge in [0.2, 0.25) is 0 Å². The van der Waals surface area contributed by atoms with Crippen LogP contribution in [0.3, 0.4) is 0 Å². The van der Waals surface area contributed by atoms with E-state index in [-0.39, 0.29) is 12.1 Å². The molecule has 0 N–H and O–H groups in total. The summed E-state index contributed by atoms with van der Waals surface area (Å²) in [6.07, 6.45) is 0.500. The molecule has 1 aromatic rings. The third-order valence-electron chi connectivity index (χ3n) is 3.81. The molecule has 1 aliphatic rings. The highest BCUT2D eigenvalue weighted by atomic mass is 16.6. The maximum absolute atomic E-state index is 12.4. The zero-order valence-corrected chi connectivity index (χ0v) is 14.2. The lowest BCUT2D eigenvalue weighted by Gasteiger charge is -2.36. The summed E-state index contributed by atoms with van der Waals surface area (Å²) in [5.74, 6) is 1.40. The highest BCUT2D eigenvalue weighted by Gasteiger charge is 2.31. The van der Waals surface area contributed by atoms with Gasteiger partial charge in [-0.3, -0.25) is 0 Å². The third kappa shape index (κ3) is 3.29. The van der Waals surface area contributed by atoms with Crippen LogP contribution in [-0.2, 0) is 11.2 Å². The largest absolute Gasteiger partial charge is 0.493 e. The monoisotopic (exact) mass is 307 g/mol. The summed E-state index contributed by atoms with van der Waals surface area (Å²) in [4.78, 5) is 14.1. The molecule has 0 radical (unpaired) electrons. The summed E-state index contributed by atoms with van der Waals surface area (Å²) in [7, 11) is 3.24. The number of rotatable bonds is 2. The quantitative estimate of drug-likeness (QED) is 0.838. The van der Waals surface area contributed by atoms with Gasteiger partial charge in [0, 0.05) is 6.54 Å². The maximum Gasteiger partial charge on any atom is 0.410 e. The summed E-state index contributed by atoms with van der Waals surface area (Å²) >= 11 is 0. The van der Waals surface area contributed by atoms with Gasteiger partial charge in [-0.25, -0.2) is 4.79 Å². The van der Waals surface area contributed by atoms with Crippen LogP contribution in [0.2, 0.25) is 0 Å². The minimum absolute atomic E-state index is 0.0570. The Labute approximate surface area is 132 Å². The van der Waals surface area contributed by atoms with Crippen LogP contribution >= 0.6 is 0 Å². The summed E-state index contributed by atoms with van der Waals surface area (Å²) in [6, 6.07) is 3.89. The third-order valence-corrected chi connectivity index (χ3v) is 3.81. The van der Waals surface area contributed by atoms with Crippen molar-refractivity contribution in [1.29, 1.82) is 0 Å². The summed E-state index contributed by atoms with van der Waals surface area (Å²) in [5, 5.41) is 0. The molecule has 0 aliphatic carbocycles. The van der Waals surface area contributed by atoms with Gasteiger partial charge in [0.15, 0.2) is 11.5 Å². The summed E-state index contributed by atoms with van der Waals surface area (Å²) in [5.41, 5.74) is 1.77. The lowest BCUT2D eigenvalue weighted by Crippen LogP contribution is -2.42. The standard InChI is InChI=1S/C17H25NO4/c1-11-13-10-15(21-6)14(20-5)9-12(13)7-8-18(11)16(19)22-17(2,3)4/h9-11H,7-8H2,1-6H3. The maximum atomic E-state index is 12.4. The normalized spacial score (nSPS) is 17.7. The minimum Gasteiger partial charge on any atom is -0.493 e. The van der Waals surface area contributed by atoms with E-state index in [4.69, 9.17) is 14.2 Å². The highest BCUT2D eigenvalue weighted by molar-refractivity contribution is 5.69. The van der Waals surface area contributed by atoms with Crippen molar-refractivity contribution < 1.29 is 19.0 Å². The zero-order valence-electron chi connectivity index (χ0n) is 14.2. The average molecular weight is 307 g/mol. The zero-order chi connectivity index (χ0) is 16.5. The predicted molar refractivity (Wildman–Crippen MR) is 84.6 cm³/mol. The fraction of sp³-hybridized carbons (Fsp3) is 0.588. The molecule has 122 valence electrons. The van der Waals surface area contributed by atoms with Crippen LogP contribution in [0.25, 0.3) is 0 Å². The SMILES string of the molecule is COc1cc2c(cc1OC)C(C)N(C(=O)OC(C)(C)C)CC2. The van der Waals surface area contributed by atoms with E-state index in [1.165, 1.54) is 5.56 Å². The van der Waals surface area contributed by atoms with Crippen molar-refractivity contribution in [1.82, 2.24) is 4.90 Å². The van der Waals surface area contributed by atoms with Crippen LogP contribution in [0.15, 0.2) is 12.1 Å². The van der Waals surface area contributed by atoms with Gasteiger partial charge in [0.1, 0.15) is 5.60 Å². The molecule has 0 aromatic heterocycles. The Morgan fingerprint density at radius 2 is 1.77 bits per heavy atom. The van der Waals surface area contributed by atoms with Gasteiger partial charge in [0.25, 0.3) is 0 Å². The molecule has 0 bridgehead atoms. The first kappa shape index (κ1) is 16.5. The van der Waals surface area contributed by atoms with E-state index < -0.39 is 5.60 Å². The van der Waals surface area contributed by atoms with E-state index in [9.17, 15) is 4.79 Å². The topological polar surface area (TPSA) is 48.0 Å². The second-order valence-electron chi connectivity index (χ2n) is 6.51. The fourth-order valence-corrected chi connectivity index (χ4v) is 2.71. The number of carbonyl (C=O) groups excluding carboxylic acids is 1. The number of carbonyl (C=O) groups is 1. The Balaban J connectivity index is 2.29. The number of amides is 1. The Bertz CT molecular complexity index is 563. The Morgan fingerprint density at radius 1 is 1.18 bits per heavy atom. The second kappa shape index (κ2) is 6.07. The van der Waals surface area contributed by atoms with Crippen LogP contribution in [0.5, 0.6) is 11.5 Å². The van der Waals surface area contributed by atoms with Crippen LogP contribution in [0, 0.1) is 0 Å². The van der Waals surface area contributed by atoms with Crippen LogP contribution in [0.1, 0.15) is 44.9 Å². The molecule has 5 heteroatoms. The molecule has 1 unspecified atom stereocenters. The molecule has 0 saturated carbocycles. The first-order chi connectivity index (χ1) is 10.3. The van der Waals surface area contributed by atoms with E-state index in [0.717, 1.165) is 17.7 Å². The molecule has 1 aromatic carbocycles. The number of ether oxygens (including phenoxy) is 3. The van der Waals surface area contributed by atoms with Gasteiger partial charge >= 0.3 is 6.09 Å². The van der Waals surface area contributed by atoms with Crippen molar-refractivity contribution in [3.63, 3.8) is 0 Å². The lowest BCUT2D eigenvalue weighted by atomic mass is 9.93. The van der Waals surface area contributed by atoms with E-state index in [2.05, 4.69) is 0 Å². The van der Waals surface area contributed by atoms with Crippen molar-refractivity contribution >= 4 is 6.09 Å². The smallest absolute Gasteiger partial charge is 0.410 e. The number of hydrogen-bond donors (Lipinski definition) is 0. The molecule has 1 amide bonds. The van der Waals surface area contributed by atoms with E-state index >= 15 is 0 Å². The fourth-order valence-electron chi connectivity index (χ4n) is 2.71. The van der Waals surface area contributed by atoms with Gasteiger partial charge in [-0.2, -0.15) is 0 Å². The molecule has 1 heterocycles. The number of benzene rings is 1. The number of methoxy groups -OCH3 is 2. The van der Waals surface area contributed by atoms with Gasteiger partial charge in [-0.05, 0) is 57.4 Å². The van der Waals surface area contributed by atoms with Crippen molar-refractivity contribution in [2.45, 2.75) is 45.8 Å². The molecule has 0 spiro atoms. The number of hydrogen-bond acceptors (Lipinski definition) is 4. The average Bonchev–Trinajstić information content (AvgIpc) is 2.44. The second-order valence-corrected chi connectivity index (χ2v) is 6.51. The molecule has 5 nitrogen and oxygen atoms in total. The van der Waals surface area contributed by atoms with Gasteiger partial charge < -0.3 is 19.1 Å². The molecule has 0 fully saturated rings. The predicted octanol–water partition coefficient (Wildman–Crippen LogP) is 3.56. The molecular formula is C17H25NO4. The van der Waals surface area contributed by atoms with Gasteiger partial charge in [-0.1, -0.05) is 0 Å². The highest BCUT2D eigenvalue weighted by Crippen LogP contribution is 2.38. The Hall–Kier alpha value is -1.91. The minimum atomic E-state index is -0.491. The molecule has 0 saturated heterocycles. The van der Waals surface area contributed by atoms with E-state index in [1.54, 1.807) is 19.1 Å². The number of nitrogens with zero attached hydrogens (tertiary/aromatic N) is 1. The van der Waals surface area contributed by atoms with Crippen molar-refractivity contribution in [3.8, 4) is 11.5 Å². The Morgan fingerprint density at radius 3 is 2.32 bits per heavy atom. The van der Waals surface area contributed by atoms with E-state index in [1.807, 2.05) is 39.8 Å². The van der Waals surface area contributed by atoms with Gasteiger partial charge in [-0.15, -0.1) is 0 Å². The molecule has 2 rings (SSSR count).